The number of hydrogen-bond donors (Lipinski definition) is 1. The molecule has 1 atom stereocenters. The number of rotatable bonds is 14. The molecule has 0 heterocycles. The topological polar surface area (TPSA) is 86.8 Å². The van der Waals surface area contributed by atoms with Crippen molar-refractivity contribution in [3.8, 4) is 0 Å². The van der Waals surface area contributed by atoms with E-state index < -0.39 is 34.3 Å². The van der Waals surface area contributed by atoms with Gasteiger partial charge in [-0.25, -0.2) is 12.8 Å². The van der Waals surface area contributed by atoms with E-state index in [9.17, 15) is 22.4 Å². The first-order chi connectivity index (χ1) is 19.2. The van der Waals surface area contributed by atoms with Crippen LogP contribution in [0.1, 0.15) is 44.2 Å². The zero-order valence-corrected chi connectivity index (χ0v) is 24.2. The monoisotopic (exact) mass is 567 g/mol. The van der Waals surface area contributed by atoms with Gasteiger partial charge in [-0.05, 0) is 68.1 Å². The van der Waals surface area contributed by atoms with Gasteiger partial charge in [-0.2, -0.15) is 0 Å². The molecule has 0 aliphatic rings. The molecule has 2 amide bonds. The number of unbranched alkanes of at least 4 members (excludes halogenated alkanes) is 1. The predicted octanol–water partition coefficient (Wildman–Crippen LogP) is 5.10. The van der Waals surface area contributed by atoms with Crippen molar-refractivity contribution in [1.82, 2.24) is 10.2 Å². The van der Waals surface area contributed by atoms with Crippen LogP contribution in [0, 0.1) is 12.7 Å². The van der Waals surface area contributed by atoms with Crippen LogP contribution in [0.5, 0.6) is 0 Å². The normalized spacial score (nSPS) is 12.0. The van der Waals surface area contributed by atoms with Gasteiger partial charge < -0.3 is 10.2 Å². The first-order valence-electron chi connectivity index (χ1n) is 13.6. The summed E-state index contributed by atoms with van der Waals surface area (Å²) in [7, 11) is -4.19. The Kier molecular flexibility index (Phi) is 11.3. The molecule has 1 N–H and O–H groups in total. The molecule has 214 valence electrons. The highest BCUT2D eigenvalue weighted by molar-refractivity contribution is 7.92. The Balaban J connectivity index is 1.97. The lowest BCUT2D eigenvalue weighted by molar-refractivity contribution is -0.139. The zero-order valence-electron chi connectivity index (χ0n) is 23.3. The van der Waals surface area contributed by atoms with E-state index in [0.717, 1.165) is 40.4 Å². The van der Waals surface area contributed by atoms with Crippen molar-refractivity contribution < 1.29 is 22.4 Å². The van der Waals surface area contributed by atoms with Crippen LogP contribution in [0.15, 0.2) is 83.8 Å². The second-order valence-corrected chi connectivity index (χ2v) is 11.6. The van der Waals surface area contributed by atoms with Crippen molar-refractivity contribution in [3.63, 3.8) is 0 Å². The summed E-state index contributed by atoms with van der Waals surface area (Å²) in [5.74, 6) is -1.32. The Labute approximate surface area is 237 Å². The van der Waals surface area contributed by atoms with Gasteiger partial charge in [0.25, 0.3) is 10.0 Å². The second kappa shape index (κ2) is 14.6. The molecule has 3 aromatic rings. The molecule has 9 heteroatoms. The van der Waals surface area contributed by atoms with E-state index in [4.69, 9.17) is 0 Å². The fourth-order valence-electron chi connectivity index (χ4n) is 4.38. The highest BCUT2D eigenvalue weighted by Gasteiger charge is 2.33. The SMILES string of the molecule is CCCCNC(=O)[C@@H](CC)N(CCc1ccccc1)C(=O)CN(c1ccc(F)cc1)S(=O)(=O)c1ccc(C)cc1. The van der Waals surface area contributed by atoms with Crippen molar-refractivity contribution >= 4 is 27.5 Å². The molecular weight excluding hydrogens is 529 g/mol. The average molecular weight is 568 g/mol. The molecule has 0 radical (unpaired) electrons. The van der Waals surface area contributed by atoms with Gasteiger partial charge in [0.15, 0.2) is 0 Å². The summed E-state index contributed by atoms with van der Waals surface area (Å²) < 4.78 is 42.3. The largest absolute Gasteiger partial charge is 0.354 e. The van der Waals surface area contributed by atoms with Crippen molar-refractivity contribution in [1.29, 1.82) is 0 Å². The van der Waals surface area contributed by atoms with Gasteiger partial charge in [-0.3, -0.25) is 13.9 Å². The summed E-state index contributed by atoms with van der Waals surface area (Å²) >= 11 is 0. The summed E-state index contributed by atoms with van der Waals surface area (Å²) in [5.41, 5.74) is 2.03. The molecule has 40 heavy (non-hydrogen) atoms. The number of sulfonamides is 1. The van der Waals surface area contributed by atoms with Crippen molar-refractivity contribution in [2.24, 2.45) is 0 Å². The van der Waals surface area contributed by atoms with Crippen molar-refractivity contribution in [2.45, 2.75) is 57.4 Å². The number of halogens is 1. The van der Waals surface area contributed by atoms with Gasteiger partial charge in [0.1, 0.15) is 18.4 Å². The maximum absolute atomic E-state index is 13.9. The van der Waals surface area contributed by atoms with E-state index in [1.807, 2.05) is 51.1 Å². The van der Waals surface area contributed by atoms with Gasteiger partial charge in [-0.1, -0.05) is 68.3 Å². The summed E-state index contributed by atoms with van der Waals surface area (Å²) in [5, 5.41) is 2.91. The lowest BCUT2D eigenvalue weighted by Crippen LogP contribution is -2.53. The smallest absolute Gasteiger partial charge is 0.264 e. The van der Waals surface area contributed by atoms with Gasteiger partial charge in [0, 0.05) is 13.1 Å². The lowest BCUT2D eigenvalue weighted by Gasteiger charge is -2.33. The summed E-state index contributed by atoms with van der Waals surface area (Å²) in [6.45, 7) is 5.87. The molecule has 0 fully saturated rings. The van der Waals surface area contributed by atoms with E-state index in [-0.39, 0.29) is 23.0 Å². The van der Waals surface area contributed by atoms with E-state index in [2.05, 4.69) is 5.32 Å². The third-order valence-corrected chi connectivity index (χ3v) is 8.49. The van der Waals surface area contributed by atoms with Crippen molar-refractivity contribution in [3.05, 3.63) is 95.8 Å². The van der Waals surface area contributed by atoms with E-state index in [1.54, 1.807) is 12.1 Å². The van der Waals surface area contributed by atoms with Crippen LogP contribution in [0.25, 0.3) is 0 Å². The average Bonchev–Trinajstić information content (AvgIpc) is 2.95. The molecule has 0 aliphatic carbocycles. The molecule has 0 saturated carbocycles. The minimum Gasteiger partial charge on any atom is -0.354 e. The Bertz CT molecular complexity index is 1350. The third kappa shape index (κ3) is 8.14. The Morgan fingerprint density at radius 1 is 0.925 bits per heavy atom. The van der Waals surface area contributed by atoms with Gasteiger partial charge in [0.05, 0.1) is 10.6 Å². The quantitative estimate of drug-likeness (QED) is 0.275. The molecular formula is C31H38FN3O4S. The van der Waals surface area contributed by atoms with Gasteiger partial charge in [0.2, 0.25) is 11.8 Å². The molecule has 0 aromatic heterocycles. The van der Waals surface area contributed by atoms with E-state index in [1.165, 1.54) is 29.2 Å². The number of nitrogens with one attached hydrogen (secondary N) is 1. The fourth-order valence-corrected chi connectivity index (χ4v) is 5.79. The standard InChI is InChI=1S/C31H38FN3O4S/c1-4-6-21-33-31(37)29(5-2)34(22-20-25-10-8-7-9-11-25)30(36)23-35(27-16-14-26(32)15-17-27)40(38,39)28-18-12-24(3)13-19-28/h7-19,29H,4-6,20-23H2,1-3H3,(H,33,37)/t29-/m1/s1. The molecule has 3 aromatic carbocycles. The zero-order chi connectivity index (χ0) is 29.1. The van der Waals surface area contributed by atoms with Gasteiger partial charge >= 0.3 is 0 Å². The minimum absolute atomic E-state index is 0.00964. The molecule has 0 aliphatic heterocycles. The molecule has 0 spiro atoms. The van der Waals surface area contributed by atoms with Crippen LogP contribution in [0.2, 0.25) is 0 Å². The maximum atomic E-state index is 13.9. The first kappa shape index (κ1) is 30.8. The van der Waals surface area contributed by atoms with Crippen LogP contribution in [0.3, 0.4) is 0 Å². The Hall–Kier alpha value is -3.72. The van der Waals surface area contributed by atoms with Crippen LogP contribution in [0.4, 0.5) is 10.1 Å². The van der Waals surface area contributed by atoms with Crippen molar-refractivity contribution in [2.75, 3.05) is 23.9 Å². The number of carbonyl (C=O) groups is 2. The Morgan fingerprint density at radius 2 is 1.57 bits per heavy atom. The number of nitrogens with zero attached hydrogens (tertiary/aromatic N) is 2. The Morgan fingerprint density at radius 3 is 2.17 bits per heavy atom. The number of anilines is 1. The number of carbonyl (C=O) groups excluding carboxylic acids is 2. The second-order valence-electron chi connectivity index (χ2n) is 9.69. The van der Waals surface area contributed by atoms with Gasteiger partial charge in [-0.15, -0.1) is 0 Å². The molecule has 0 bridgehead atoms. The van der Waals surface area contributed by atoms with Crippen LogP contribution >= 0.6 is 0 Å². The molecule has 7 nitrogen and oxygen atoms in total. The van der Waals surface area contributed by atoms with E-state index >= 15 is 0 Å². The number of benzene rings is 3. The molecule has 3 rings (SSSR count). The highest BCUT2D eigenvalue weighted by atomic mass is 32.2. The molecule has 0 saturated heterocycles. The summed E-state index contributed by atoms with van der Waals surface area (Å²) in [4.78, 5) is 28.6. The summed E-state index contributed by atoms with van der Waals surface area (Å²) in [6, 6.07) is 20.1. The highest BCUT2D eigenvalue weighted by Crippen LogP contribution is 2.25. The first-order valence-corrected chi connectivity index (χ1v) is 15.1. The number of hydrogen-bond acceptors (Lipinski definition) is 4. The molecule has 0 unspecified atom stereocenters. The van der Waals surface area contributed by atoms with Crippen LogP contribution in [-0.2, 0) is 26.0 Å². The van der Waals surface area contributed by atoms with E-state index in [0.29, 0.717) is 19.4 Å². The lowest BCUT2D eigenvalue weighted by atomic mass is 10.1. The third-order valence-electron chi connectivity index (χ3n) is 6.70. The fraction of sp³-hybridized carbons (Fsp3) is 0.355. The minimum atomic E-state index is -4.19. The predicted molar refractivity (Wildman–Crippen MR) is 156 cm³/mol. The number of aryl methyl sites for hydroxylation is 1. The number of amides is 2. The van der Waals surface area contributed by atoms with Crippen LogP contribution < -0.4 is 9.62 Å². The van der Waals surface area contributed by atoms with Crippen LogP contribution in [-0.4, -0.2) is 50.8 Å². The summed E-state index contributed by atoms with van der Waals surface area (Å²) in [6.07, 6.45) is 2.58. The maximum Gasteiger partial charge on any atom is 0.264 e.